The predicted molar refractivity (Wildman–Crippen MR) is 117 cm³/mol. The molecule has 1 aliphatic rings. The number of benzene rings is 1. The molecule has 1 fully saturated rings. The summed E-state index contributed by atoms with van der Waals surface area (Å²) < 4.78 is 17.8. The van der Waals surface area contributed by atoms with Gasteiger partial charge in [-0.05, 0) is 24.3 Å². The fraction of sp³-hybridized carbons (Fsp3) is 0.318. The Hall–Kier alpha value is -3.59. The van der Waals surface area contributed by atoms with Gasteiger partial charge in [0.15, 0.2) is 0 Å². The van der Waals surface area contributed by atoms with E-state index in [-0.39, 0.29) is 12.5 Å². The first-order valence-corrected chi connectivity index (χ1v) is 10.00. The number of carbonyl (C=O) groups is 1. The summed E-state index contributed by atoms with van der Waals surface area (Å²) in [6, 6.07) is 9.14. The lowest BCUT2D eigenvalue weighted by molar-refractivity contribution is -0.116. The minimum Gasteiger partial charge on any atom is -0.497 e. The van der Waals surface area contributed by atoms with Gasteiger partial charge in [-0.25, -0.2) is 9.97 Å². The summed E-state index contributed by atoms with van der Waals surface area (Å²) in [5.41, 5.74) is 1.48. The summed E-state index contributed by atoms with van der Waals surface area (Å²) in [7, 11) is 3.13. The minimum absolute atomic E-state index is 0.111. The van der Waals surface area contributed by atoms with Crippen molar-refractivity contribution in [2.45, 2.75) is 6.54 Å². The highest BCUT2D eigenvalue weighted by atomic mass is 16.5. The molecule has 0 radical (unpaired) electrons. The fourth-order valence-electron chi connectivity index (χ4n) is 3.47. The summed E-state index contributed by atoms with van der Waals surface area (Å²) >= 11 is 0. The number of amides is 1. The Morgan fingerprint density at radius 1 is 1.10 bits per heavy atom. The Labute approximate surface area is 180 Å². The quantitative estimate of drug-likeness (QED) is 0.624. The van der Waals surface area contributed by atoms with E-state index in [1.807, 2.05) is 16.7 Å². The number of ether oxygens (including phenoxy) is 3. The van der Waals surface area contributed by atoms with Crippen LogP contribution in [0.25, 0.3) is 11.4 Å². The molecule has 9 heteroatoms. The Balaban J connectivity index is 1.50. The van der Waals surface area contributed by atoms with Crippen LogP contribution in [0.5, 0.6) is 11.5 Å². The van der Waals surface area contributed by atoms with Gasteiger partial charge in [0.1, 0.15) is 29.7 Å². The largest absolute Gasteiger partial charge is 0.497 e. The third-order valence-corrected chi connectivity index (χ3v) is 5.05. The van der Waals surface area contributed by atoms with Crippen molar-refractivity contribution in [1.29, 1.82) is 0 Å². The maximum absolute atomic E-state index is 12.7. The maximum atomic E-state index is 12.7. The van der Waals surface area contributed by atoms with Crippen LogP contribution in [0.1, 0.15) is 0 Å². The highest BCUT2D eigenvalue weighted by molar-refractivity contribution is 5.92. The Morgan fingerprint density at radius 2 is 1.94 bits per heavy atom. The first-order chi connectivity index (χ1) is 15.2. The molecule has 1 N–H and O–H groups in total. The van der Waals surface area contributed by atoms with Gasteiger partial charge in [0.05, 0.1) is 33.1 Å². The van der Waals surface area contributed by atoms with Gasteiger partial charge in [-0.15, -0.1) is 0 Å². The van der Waals surface area contributed by atoms with Crippen LogP contribution in [0, 0.1) is 0 Å². The van der Waals surface area contributed by atoms with Gasteiger partial charge in [-0.2, -0.15) is 0 Å². The van der Waals surface area contributed by atoms with Crippen LogP contribution in [0.4, 0.5) is 11.5 Å². The number of pyridine rings is 1. The molecule has 1 saturated heterocycles. The number of carbonyl (C=O) groups excluding carboxylic acids is 1. The van der Waals surface area contributed by atoms with Crippen LogP contribution < -0.4 is 19.7 Å². The lowest BCUT2D eigenvalue weighted by Crippen LogP contribution is -2.36. The van der Waals surface area contributed by atoms with Crippen molar-refractivity contribution < 1.29 is 19.0 Å². The minimum atomic E-state index is -0.190. The number of methoxy groups -OCH3 is 2. The zero-order valence-electron chi connectivity index (χ0n) is 17.6. The molecule has 3 heterocycles. The third-order valence-electron chi connectivity index (χ3n) is 5.05. The monoisotopic (exact) mass is 423 g/mol. The zero-order valence-corrected chi connectivity index (χ0v) is 17.6. The van der Waals surface area contributed by atoms with Gasteiger partial charge >= 0.3 is 0 Å². The second kappa shape index (κ2) is 9.48. The molecular formula is C22H25N5O4. The molecule has 1 aliphatic heterocycles. The van der Waals surface area contributed by atoms with Crippen LogP contribution in [0.2, 0.25) is 0 Å². The Bertz CT molecular complexity index is 1050. The lowest BCUT2D eigenvalue weighted by Gasteiger charge is -2.28. The molecular weight excluding hydrogens is 398 g/mol. The van der Waals surface area contributed by atoms with Crippen molar-refractivity contribution in [3.63, 3.8) is 0 Å². The summed E-state index contributed by atoms with van der Waals surface area (Å²) in [5.74, 6) is 2.57. The van der Waals surface area contributed by atoms with E-state index < -0.39 is 0 Å². The van der Waals surface area contributed by atoms with Gasteiger partial charge in [0.25, 0.3) is 0 Å². The number of nitrogens with one attached hydrogen (secondary N) is 1. The number of imidazole rings is 1. The van der Waals surface area contributed by atoms with Crippen molar-refractivity contribution in [3.05, 3.63) is 48.9 Å². The van der Waals surface area contributed by atoms with E-state index in [2.05, 4.69) is 20.2 Å². The van der Waals surface area contributed by atoms with Crippen LogP contribution >= 0.6 is 0 Å². The van der Waals surface area contributed by atoms with E-state index in [4.69, 9.17) is 14.2 Å². The summed E-state index contributed by atoms with van der Waals surface area (Å²) in [5, 5.41) is 2.89. The van der Waals surface area contributed by atoms with Crippen LogP contribution in [0.15, 0.2) is 48.9 Å². The normalized spacial score (nSPS) is 13.7. The smallest absolute Gasteiger partial charge is 0.244 e. The van der Waals surface area contributed by atoms with Gasteiger partial charge in [-0.3, -0.25) is 4.79 Å². The summed E-state index contributed by atoms with van der Waals surface area (Å²) in [6.07, 6.45) is 5.24. The Morgan fingerprint density at radius 3 is 2.71 bits per heavy atom. The SMILES string of the molecule is COc1ccc(NC(=O)Cn2ccnc2-c2ccnc(N3CCOCC3)c2)c(OC)c1. The standard InChI is InChI=1S/C22H25N5O4/c1-29-17-3-4-18(19(14-17)30-2)25-21(28)15-27-8-7-24-22(27)16-5-6-23-20(13-16)26-9-11-31-12-10-26/h3-8,13-14H,9-12,15H2,1-2H3,(H,25,28). The van der Waals surface area contributed by atoms with Crippen LogP contribution in [-0.4, -0.2) is 61.0 Å². The highest BCUT2D eigenvalue weighted by Crippen LogP contribution is 2.29. The predicted octanol–water partition coefficient (Wildman–Crippen LogP) is 2.44. The Kier molecular flexibility index (Phi) is 6.32. The number of nitrogens with zero attached hydrogens (tertiary/aromatic N) is 4. The van der Waals surface area contributed by atoms with Crippen molar-refractivity contribution in [1.82, 2.24) is 14.5 Å². The number of anilines is 2. The van der Waals surface area contributed by atoms with Gasteiger partial charge in [0.2, 0.25) is 5.91 Å². The highest BCUT2D eigenvalue weighted by Gasteiger charge is 2.16. The molecule has 0 bridgehead atoms. The average Bonchev–Trinajstić information content (AvgIpc) is 3.28. The topological polar surface area (TPSA) is 90.7 Å². The van der Waals surface area contributed by atoms with Gasteiger partial charge < -0.3 is 29.0 Å². The zero-order chi connectivity index (χ0) is 21.6. The van der Waals surface area contributed by atoms with E-state index in [1.54, 1.807) is 51.0 Å². The first kappa shape index (κ1) is 20.7. The number of morpholine rings is 1. The van der Waals surface area contributed by atoms with Crippen LogP contribution in [-0.2, 0) is 16.1 Å². The van der Waals surface area contributed by atoms with E-state index in [1.165, 1.54) is 0 Å². The second-order valence-electron chi connectivity index (χ2n) is 7.00. The third kappa shape index (κ3) is 4.77. The molecule has 0 unspecified atom stereocenters. The van der Waals surface area contributed by atoms with Crippen LogP contribution in [0.3, 0.4) is 0 Å². The number of aromatic nitrogens is 3. The van der Waals surface area contributed by atoms with E-state index >= 15 is 0 Å². The molecule has 31 heavy (non-hydrogen) atoms. The first-order valence-electron chi connectivity index (χ1n) is 10.00. The molecule has 1 aromatic carbocycles. The number of hydrogen-bond donors (Lipinski definition) is 1. The molecule has 1 amide bonds. The molecule has 0 spiro atoms. The van der Waals surface area contributed by atoms with E-state index in [9.17, 15) is 4.79 Å². The van der Waals surface area contributed by atoms with Gasteiger partial charge in [-0.1, -0.05) is 0 Å². The molecule has 9 nitrogen and oxygen atoms in total. The van der Waals surface area contributed by atoms with Crippen molar-refractivity contribution in [3.8, 4) is 22.9 Å². The van der Waals surface area contributed by atoms with Crippen molar-refractivity contribution in [2.24, 2.45) is 0 Å². The van der Waals surface area contributed by atoms with E-state index in [0.29, 0.717) is 36.2 Å². The fourth-order valence-corrected chi connectivity index (χ4v) is 3.47. The molecule has 4 rings (SSSR count). The van der Waals surface area contributed by atoms with Crippen molar-refractivity contribution in [2.75, 3.05) is 50.7 Å². The summed E-state index contributed by atoms with van der Waals surface area (Å²) in [6.45, 7) is 3.10. The lowest BCUT2D eigenvalue weighted by atomic mass is 10.2. The number of rotatable bonds is 7. The second-order valence-corrected chi connectivity index (χ2v) is 7.00. The molecule has 3 aromatic rings. The molecule has 0 saturated carbocycles. The summed E-state index contributed by atoms with van der Waals surface area (Å²) in [4.78, 5) is 23.8. The number of hydrogen-bond acceptors (Lipinski definition) is 7. The van der Waals surface area contributed by atoms with Gasteiger partial charge in [0, 0.05) is 43.3 Å². The van der Waals surface area contributed by atoms with Crippen molar-refractivity contribution >= 4 is 17.4 Å². The molecule has 0 atom stereocenters. The maximum Gasteiger partial charge on any atom is 0.244 e. The molecule has 162 valence electrons. The molecule has 0 aliphatic carbocycles. The average molecular weight is 423 g/mol. The van der Waals surface area contributed by atoms with E-state index in [0.717, 1.165) is 24.5 Å². The molecule has 2 aromatic heterocycles.